The van der Waals surface area contributed by atoms with E-state index in [0.29, 0.717) is 0 Å². The van der Waals surface area contributed by atoms with Gasteiger partial charge in [-0.05, 0) is 24.6 Å². The van der Waals surface area contributed by atoms with Crippen molar-refractivity contribution in [3.63, 3.8) is 0 Å². The molecule has 0 amide bonds. The van der Waals surface area contributed by atoms with Crippen molar-refractivity contribution in [2.75, 3.05) is 0 Å². The topological polar surface area (TPSA) is 22.0 Å². The molecule has 1 aromatic carbocycles. The number of benzene rings is 1. The molecule has 2 rings (SSSR count). The first-order valence-corrected chi connectivity index (χ1v) is 5.75. The Morgan fingerprint density at radius 2 is 2.14 bits per heavy atom. The summed E-state index contributed by atoms with van der Waals surface area (Å²) in [6, 6.07) is 7.45. The number of aryl methyl sites for hydroxylation is 1. The third-order valence-corrected chi connectivity index (χ3v) is 3.68. The highest BCUT2D eigenvalue weighted by molar-refractivity contribution is 9.10. The minimum atomic E-state index is 0.0192. The number of rotatable bonds is 1. The summed E-state index contributed by atoms with van der Waals surface area (Å²) in [5, 5.41) is 1.79. The lowest BCUT2D eigenvalue weighted by Gasteiger charge is -2.02. The van der Waals surface area contributed by atoms with E-state index >= 15 is 0 Å². The SMILES string of the molecule is Cc1ccc(-n2sccc2=O)cc1Br. The van der Waals surface area contributed by atoms with E-state index in [4.69, 9.17) is 0 Å². The standard InChI is InChI=1S/C10H8BrNOS/c1-7-2-3-8(6-9(7)11)12-10(13)4-5-14-12/h2-6H,1H3. The van der Waals surface area contributed by atoms with Gasteiger partial charge < -0.3 is 0 Å². The third kappa shape index (κ3) is 1.67. The third-order valence-electron chi connectivity index (χ3n) is 1.97. The van der Waals surface area contributed by atoms with Crippen LogP contribution in [0.5, 0.6) is 0 Å². The van der Waals surface area contributed by atoms with Crippen LogP contribution >= 0.6 is 27.5 Å². The van der Waals surface area contributed by atoms with Crippen LogP contribution < -0.4 is 5.56 Å². The smallest absolute Gasteiger partial charge is 0.265 e. The Bertz CT molecular complexity index is 515. The van der Waals surface area contributed by atoms with E-state index in [9.17, 15) is 4.79 Å². The molecule has 0 unspecified atom stereocenters. The first-order chi connectivity index (χ1) is 6.68. The van der Waals surface area contributed by atoms with E-state index in [-0.39, 0.29) is 5.56 Å². The number of hydrogen-bond donors (Lipinski definition) is 0. The lowest BCUT2D eigenvalue weighted by molar-refractivity contribution is 1.12. The second-order valence-electron chi connectivity index (χ2n) is 2.97. The van der Waals surface area contributed by atoms with Gasteiger partial charge >= 0.3 is 0 Å². The monoisotopic (exact) mass is 269 g/mol. The fourth-order valence-electron chi connectivity index (χ4n) is 1.17. The molecule has 0 fully saturated rings. The molecule has 0 N–H and O–H groups in total. The average molecular weight is 270 g/mol. The summed E-state index contributed by atoms with van der Waals surface area (Å²) in [6.45, 7) is 2.02. The van der Waals surface area contributed by atoms with Crippen molar-refractivity contribution in [2.45, 2.75) is 6.92 Å². The van der Waals surface area contributed by atoms with E-state index in [2.05, 4.69) is 15.9 Å². The summed E-state index contributed by atoms with van der Waals surface area (Å²) in [4.78, 5) is 11.4. The maximum Gasteiger partial charge on any atom is 0.265 e. The van der Waals surface area contributed by atoms with Gasteiger partial charge in [-0.3, -0.25) is 4.79 Å². The van der Waals surface area contributed by atoms with Crippen molar-refractivity contribution in [2.24, 2.45) is 0 Å². The maximum absolute atomic E-state index is 11.4. The zero-order chi connectivity index (χ0) is 10.1. The van der Waals surface area contributed by atoms with Gasteiger partial charge in [0.1, 0.15) is 0 Å². The Balaban J connectivity index is 2.59. The number of nitrogens with zero attached hydrogens (tertiary/aromatic N) is 1. The Kier molecular flexibility index (Phi) is 2.56. The van der Waals surface area contributed by atoms with Crippen LogP contribution in [0.4, 0.5) is 0 Å². The first-order valence-electron chi connectivity index (χ1n) is 4.12. The van der Waals surface area contributed by atoms with E-state index in [1.165, 1.54) is 17.1 Å². The highest BCUT2D eigenvalue weighted by Crippen LogP contribution is 2.20. The fourth-order valence-corrected chi connectivity index (χ4v) is 2.23. The highest BCUT2D eigenvalue weighted by atomic mass is 79.9. The van der Waals surface area contributed by atoms with Crippen molar-refractivity contribution in [1.82, 2.24) is 3.96 Å². The summed E-state index contributed by atoms with van der Waals surface area (Å²) in [6.07, 6.45) is 0. The number of hydrogen-bond acceptors (Lipinski definition) is 2. The highest BCUT2D eigenvalue weighted by Gasteiger charge is 2.02. The van der Waals surface area contributed by atoms with Gasteiger partial charge in [-0.2, -0.15) is 0 Å². The molecule has 4 heteroatoms. The van der Waals surface area contributed by atoms with Crippen molar-refractivity contribution < 1.29 is 0 Å². The summed E-state index contributed by atoms with van der Waals surface area (Å²) < 4.78 is 2.68. The molecular formula is C10H8BrNOS. The minimum Gasteiger partial charge on any atom is -0.268 e. The van der Waals surface area contributed by atoms with Crippen LogP contribution in [0.15, 0.2) is 38.9 Å². The molecule has 14 heavy (non-hydrogen) atoms. The van der Waals surface area contributed by atoms with Gasteiger partial charge in [0.2, 0.25) is 0 Å². The van der Waals surface area contributed by atoms with Crippen LogP contribution in [0, 0.1) is 6.92 Å². The average Bonchev–Trinajstić information content (AvgIpc) is 2.57. The summed E-state index contributed by atoms with van der Waals surface area (Å²) in [5.41, 5.74) is 2.09. The van der Waals surface area contributed by atoms with E-state index in [0.717, 1.165) is 10.2 Å². The van der Waals surface area contributed by atoms with Crippen molar-refractivity contribution >= 4 is 27.5 Å². The molecule has 0 atom stereocenters. The van der Waals surface area contributed by atoms with Crippen LogP contribution in [0.25, 0.3) is 5.69 Å². The molecule has 0 bridgehead atoms. The van der Waals surface area contributed by atoms with Gasteiger partial charge in [0.05, 0.1) is 5.69 Å². The minimum absolute atomic E-state index is 0.0192. The molecule has 1 heterocycles. The molecule has 0 spiro atoms. The van der Waals surface area contributed by atoms with Crippen LogP contribution in [0.3, 0.4) is 0 Å². The quantitative estimate of drug-likeness (QED) is 0.780. The maximum atomic E-state index is 11.4. The van der Waals surface area contributed by atoms with Crippen LogP contribution in [-0.2, 0) is 0 Å². The van der Waals surface area contributed by atoms with Gasteiger partial charge in [-0.1, -0.05) is 33.5 Å². The lowest BCUT2D eigenvalue weighted by Crippen LogP contribution is -2.09. The molecule has 0 aliphatic rings. The van der Waals surface area contributed by atoms with Gasteiger partial charge in [0.25, 0.3) is 5.56 Å². The van der Waals surface area contributed by atoms with Crippen LogP contribution in [-0.4, -0.2) is 3.96 Å². The summed E-state index contributed by atoms with van der Waals surface area (Å²) >= 11 is 4.85. The summed E-state index contributed by atoms with van der Waals surface area (Å²) in [7, 11) is 0. The second kappa shape index (κ2) is 3.71. The molecule has 2 nitrogen and oxygen atoms in total. The normalized spacial score (nSPS) is 10.4. The number of halogens is 1. The molecule has 0 saturated carbocycles. The Hall–Kier alpha value is -0.870. The molecule has 0 aliphatic heterocycles. The second-order valence-corrected chi connectivity index (χ2v) is 4.68. The van der Waals surface area contributed by atoms with E-state index in [1.54, 1.807) is 15.4 Å². The zero-order valence-electron chi connectivity index (χ0n) is 7.53. The fraction of sp³-hybridized carbons (Fsp3) is 0.100. The summed E-state index contributed by atoms with van der Waals surface area (Å²) in [5.74, 6) is 0. The van der Waals surface area contributed by atoms with E-state index in [1.807, 2.05) is 25.1 Å². The van der Waals surface area contributed by atoms with Crippen molar-refractivity contribution in [1.29, 1.82) is 0 Å². The van der Waals surface area contributed by atoms with Gasteiger partial charge in [0.15, 0.2) is 0 Å². The molecule has 72 valence electrons. The van der Waals surface area contributed by atoms with Crippen LogP contribution in [0.1, 0.15) is 5.56 Å². The van der Waals surface area contributed by atoms with Gasteiger partial charge in [0, 0.05) is 15.9 Å². The lowest BCUT2D eigenvalue weighted by atomic mass is 10.2. The van der Waals surface area contributed by atoms with E-state index < -0.39 is 0 Å². The predicted molar refractivity (Wildman–Crippen MR) is 62.4 cm³/mol. The molecule has 1 aromatic heterocycles. The Morgan fingerprint density at radius 1 is 1.36 bits per heavy atom. The van der Waals surface area contributed by atoms with Crippen LogP contribution in [0.2, 0.25) is 0 Å². The van der Waals surface area contributed by atoms with Gasteiger partial charge in [-0.15, -0.1) is 0 Å². The van der Waals surface area contributed by atoms with Gasteiger partial charge in [-0.25, -0.2) is 3.96 Å². The molecular weight excluding hydrogens is 262 g/mol. The molecule has 0 aliphatic carbocycles. The zero-order valence-corrected chi connectivity index (χ0v) is 9.93. The first kappa shape index (κ1) is 9.68. The van der Waals surface area contributed by atoms with Crippen molar-refractivity contribution in [3.05, 3.63) is 50.0 Å². The van der Waals surface area contributed by atoms with Crippen molar-refractivity contribution in [3.8, 4) is 5.69 Å². The number of aromatic nitrogens is 1. The molecule has 2 aromatic rings. The predicted octanol–water partition coefficient (Wildman–Crippen LogP) is 2.97. The Morgan fingerprint density at radius 3 is 2.71 bits per heavy atom. The Labute approximate surface area is 94.1 Å². The molecule has 0 saturated heterocycles. The molecule has 0 radical (unpaired) electrons. The largest absolute Gasteiger partial charge is 0.268 e.